The second-order valence-corrected chi connectivity index (χ2v) is 6.21. The number of anilines is 1. The SMILES string of the molecule is Cc1oc(NC(=O)CN(C)C2CCCCCC2)c(C#N)c1C. The fraction of sp³-hybridized carbons (Fsp3) is 0.647. The Morgan fingerprint density at radius 2 is 1.95 bits per heavy atom. The molecule has 120 valence electrons. The molecular formula is C17H25N3O2. The first-order chi connectivity index (χ1) is 10.5. The van der Waals surface area contributed by atoms with Crippen LogP contribution < -0.4 is 5.32 Å². The van der Waals surface area contributed by atoms with E-state index in [1.54, 1.807) is 6.92 Å². The summed E-state index contributed by atoms with van der Waals surface area (Å²) in [4.78, 5) is 14.3. The van der Waals surface area contributed by atoms with Crippen molar-refractivity contribution in [3.05, 3.63) is 16.9 Å². The maximum atomic E-state index is 12.2. The molecule has 0 atom stereocenters. The van der Waals surface area contributed by atoms with Crippen LogP contribution in [0.1, 0.15) is 55.4 Å². The zero-order valence-corrected chi connectivity index (χ0v) is 13.7. The molecule has 0 spiro atoms. The summed E-state index contributed by atoms with van der Waals surface area (Å²) in [5.74, 6) is 0.817. The van der Waals surface area contributed by atoms with Gasteiger partial charge in [0.25, 0.3) is 0 Å². The number of amides is 1. The van der Waals surface area contributed by atoms with Gasteiger partial charge in [-0.05, 0) is 33.7 Å². The molecule has 1 aliphatic carbocycles. The van der Waals surface area contributed by atoms with Crippen LogP contribution in [0.15, 0.2) is 4.42 Å². The predicted octanol–water partition coefficient (Wildman–Crippen LogP) is 3.36. The third-order valence-electron chi connectivity index (χ3n) is 4.59. The van der Waals surface area contributed by atoms with Crippen molar-refractivity contribution in [1.82, 2.24) is 4.90 Å². The smallest absolute Gasteiger partial charge is 0.240 e. The number of furan rings is 1. The van der Waals surface area contributed by atoms with E-state index in [9.17, 15) is 10.1 Å². The van der Waals surface area contributed by atoms with E-state index in [-0.39, 0.29) is 11.8 Å². The summed E-state index contributed by atoms with van der Waals surface area (Å²) in [5.41, 5.74) is 1.21. The van der Waals surface area contributed by atoms with Gasteiger partial charge in [0, 0.05) is 11.6 Å². The molecule has 0 aromatic carbocycles. The molecule has 1 saturated carbocycles. The highest BCUT2D eigenvalue weighted by atomic mass is 16.4. The van der Waals surface area contributed by atoms with Gasteiger partial charge in [-0.2, -0.15) is 5.26 Å². The van der Waals surface area contributed by atoms with Crippen LogP contribution in [-0.4, -0.2) is 30.4 Å². The van der Waals surface area contributed by atoms with Crippen LogP contribution in [0, 0.1) is 25.2 Å². The maximum Gasteiger partial charge on any atom is 0.240 e. The van der Waals surface area contributed by atoms with Gasteiger partial charge in [0.15, 0.2) is 0 Å². The molecular weight excluding hydrogens is 278 g/mol. The van der Waals surface area contributed by atoms with E-state index in [1.165, 1.54) is 25.7 Å². The number of hydrogen-bond acceptors (Lipinski definition) is 4. The van der Waals surface area contributed by atoms with Gasteiger partial charge in [-0.3, -0.25) is 15.0 Å². The van der Waals surface area contributed by atoms with Gasteiger partial charge in [0.05, 0.1) is 6.54 Å². The average molecular weight is 303 g/mol. The van der Waals surface area contributed by atoms with E-state index in [2.05, 4.69) is 16.3 Å². The molecule has 1 amide bonds. The lowest BCUT2D eigenvalue weighted by Gasteiger charge is -2.26. The van der Waals surface area contributed by atoms with E-state index < -0.39 is 0 Å². The minimum atomic E-state index is -0.128. The van der Waals surface area contributed by atoms with E-state index in [4.69, 9.17) is 4.42 Å². The standard InChI is InChI=1S/C17H25N3O2/c1-12-13(2)22-17(15(12)10-18)19-16(21)11-20(3)14-8-6-4-5-7-9-14/h14H,4-9,11H2,1-3H3,(H,19,21). The molecule has 1 fully saturated rings. The van der Waals surface area contributed by atoms with Crippen molar-refractivity contribution in [2.24, 2.45) is 0 Å². The topological polar surface area (TPSA) is 69.3 Å². The zero-order chi connectivity index (χ0) is 16.1. The second-order valence-electron chi connectivity index (χ2n) is 6.21. The summed E-state index contributed by atoms with van der Waals surface area (Å²) >= 11 is 0. The van der Waals surface area contributed by atoms with Crippen LogP contribution >= 0.6 is 0 Å². The average Bonchev–Trinajstić information content (AvgIpc) is 2.69. The minimum absolute atomic E-state index is 0.128. The van der Waals surface area contributed by atoms with Gasteiger partial charge in [0.2, 0.25) is 11.8 Å². The molecule has 0 unspecified atom stereocenters. The summed E-state index contributed by atoms with van der Waals surface area (Å²) in [6.07, 6.45) is 7.40. The number of aryl methyl sites for hydroxylation is 1. The van der Waals surface area contributed by atoms with Crippen molar-refractivity contribution >= 4 is 11.8 Å². The second kappa shape index (κ2) is 7.46. The Hall–Kier alpha value is -1.80. The highest BCUT2D eigenvalue weighted by Gasteiger charge is 2.21. The van der Waals surface area contributed by atoms with Gasteiger partial charge in [-0.1, -0.05) is 25.7 Å². The molecule has 1 aliphatic rings. The third-order valence-corrected chi connectivity index (χ3v) is 4.59. The highest BCUT2D eigenvalue weighted by Crippen LogP contribution is 2.25. The van der Waals surface area contributed by atoms with Crippen LogP contribution in [0.5, 0.6) is 0 Å². The van der Waals surface area contributed by atoms with Crippen LogP contribution in [0.3, 0.4) is 0 Å². The Morgan fingerprint density at radius 3 is 2.55 bits per heavy atom. The van der Waals surface area contributed by atoms with Gasteiger partial charge >= 0.3 is 0 Å². The summed E-state index contributed by atoms with van der Waals surface area (Å²) in [7, 11) is 2.00. The first kappa shape index (κ1) is 16.6. The first-order valence-electron chi connectivity index (χ1n) is 8.03. The van der Waals surface area contributed by atoms with Gasteiger partial charge in [0.1, 0.15) is 17.4 Å². The van der Waals surface area contributed by atoms with Crippen molar-refractivity contribution in [3.63, 3.8) is 0 Å². The Balaban J connectivity index is 1.95. The van der Waals surface area contributed by atoms with Crippen molar-refractivity contribution in [2.45, 2.75) is 58.4 Å². The molecule has 0 radical (unpaired) electrons. The molecule has 1 aromatic heterocycles. The van der Waals surface area contributed by atoms with Gasteiger partial charge < -0.3 is 4.42 Å². The molecule has 1 aromatic rings. The molecule has 22 heavy (non-hydrogen) atoms. The normalized spacial score (nSPS) is 16.3. The van der Waals surface area contributed by atoms with E-state index in [0.29, 0.717) is 23.9 Å². The number of nitrogens with one attached hydrogen (secondary N) is 1. The molecule has 1 N–H and O–H groups in total. The molecule has 0 bridgehead atoms. The summed E-state index contributed by atoms with van der Waals surface area (Å²) in [6, 6.07) is 2.57. The number of nitrogens with zero attached hydrogens (tertiary/aromatic N) is 2. The lowest BCUT2D eigenvalue weighted by molar-refractivity contribution is -0.117. The number of carbonyl (C=O) groups excluding carboxylic acids is 1. The number of carbonyl (C=O) groups is 1. The zero-order valence-electron chi connectivity index (χ0n) is 13.7. The quantitative estimate of drug-likeness (QED) is 0.866. The first-order valence-corrected chi connectivity index (χ1v) is 8.03. The Bertz CT molecular complexity index is 563. The Morgan fingerprint density at radius 1 is 1.32 bits per heavy atom. The molecule has 0 aliphatic heterocycles. The summed E-state index contributed by atoms with van der Waals surface area (Å²) < 4.78 is 5.48. The van der Waals surface area contributed by atoms with Crippen molar-refractivity contribution < 1.29 is 9.21 Å². The van der Waals surface area contributed by atoms with E-state index in [1.807, 2.05) is 14.0 Å². The molecule has 5 heteroatoms. The molecule has 1 heterocycles. The lowest BCUT2D eigenvalue weighted by Crippen LogP contribution is -2.37. The van der Waals surface area contributed by atoms with Crippen molar-refractivity contribution in [3.8, 4) is 6.07 Å². The number of likely N-dealkylation sites (N-methyl/N-ethyl adjacent to an activating group) is 1. The monoisotopic (exact) mass is 303 g/mol. The van der Waals surface area contributed by atoms with Crippen LogP contribution in [0.2, 0.25) is 0 Å². The summed E-state index contributed by atoms with van der Waals surface area (Å²) in [5, 5.41) is 11.9. The van der Waals surface area contributed by atoms with Crippen LogP contribution in [0.25, 0.3) is 0 Å². The predicted molar refractivity (Wildman–Crippen MR) is 85.6 cm³/mol. The fourth-order valence-corrected chi connectivity index (χ4v) is 3.07. The molecule has 0 saturated heterocycles. The summed E-state index contributed by atoms with van der Waals surface area (Å²) in [6.45, 7) is 3.95. The van der Waals surface area contributed by atoms with Crippen LogP contribution in [0.4, 0.5) is 5.88 Å². The van der Waals surface area contributed by atoms with E-state index in [0.717, 1.165) is 18.4 Å². The maximum absolute atomic E-state index is 12.2. The number of rotatable bonds is 4. The Labute approximate surface area is 132 Å². The van der Waals surface area contributed by atoms with Crippen molar-refractivity contribution in [2.75, 3.05) is 18.9 Å². The number of nitriles is 1. The highest BCUT2D eigenvalue weighted by molar-refractivity contribution is 5.92. The fourth-order valence-electron chi connectivity index (χ4n) is 3.07. The largest absolute Gasteiger partial charge is 0.444 e. The van der Waals surface area contributed by atoms with E-state index >= 15 is 0 Å². The third kappa shape index (κ3) is 3.89. The molecule has 5 nitrogen and oxygen atoms in total. The van der Waals surface area contributed by atoms with Crippen LogP contribution in [-0.2, 0) is 4.79 Å². The Kier molecular flexibility index (Phi) is 5.62. The lowest BCUT2D eigenvalue weighted by atomic mass is 10.1. The van der Waals surface area contributed by atoms with Gasteiger partial charge in [-0.25, -0.2) is 0 Å². The minimum Gasteiger partial charge on any atom is -0.444 e. The van der Waals surface area contributed by atoms with Gasteiger partial charge in [-0.15, -0.1) is 0 Å². The number of hydrogen-bond donors (Lipinski definition) is 1. The molecule has 2 rings (SSSR count). The van der Waals surface area contributed by atoms with Crippen molar-refractivity contribution in [1.29, 1.82) is 5.26 Å².